The minimum absolute atomic E-state index is 0.362. The molecule has 0 saturated carbocycles. The summed E-state index contributed by atoms with van der Waals surface area (Å²) in [5.74, 6) is 0.955. The van der Waals surface area contributed by atoms with Crippen molar-refractivity contribution in [2.75, 3.05) is 7.11 Å². The van der Waals surface area contributed by atoms with Gasteiger partial charge in [-0.1, -0.05) is 6.07 Å². The van der Waals surface area contributed by atoms with Crippen molar-refractivity contribution in [2.24, 2.45) is 4.99 Å². The summed E-state index contributed by atoms with van der Waals surface area (Å²) in [5.41, 5.74) is 4.22. The van der Waals surface area contributed by atoms with E-state index < -0.39 is 0 Å². The fourth-order valence-corrected chi connectivity index (χ4v) is 4.82. The Labute approximate surface area is 173 Å². The number of aliphatic imine (C=N–C) groups is 1. The first-order valence-electron chi connectivity index (χ1n) is 9.48. The summed E-state index contributed by atoms with van der Waals surface area (Å²) >= 11 is 1.61. The molecule has 0 spiro atoms. The molecule has 0 radical (unpaired) electrons. The van der Waals surface area contributed by atoms with Gasteiger partial charge in [-0.15, -0.1) is 11.3 Å². The van der Waals surface area contributed by atoms with Crippen LogP contribution in [-0.4, -0.2) is 19.3 Å². The normalized spacial score (nSPS) is 13.3. The Morgan fingerprint density at radius 1 is 1.28 bits per heavy atom. The molecule has 146 valence electrons. The first-order valence-corrected chi connectivity index (χ1v) is 10.3. The third kappa shape index (κ3) is 3.74. The van der Waals surface area contributed by atoms with Crippen LogP contribution in [0.25, 0.3) is 11.3 Å². The predicted molar refractivity (Wildman–Crippen MR) is 113 cm³/mol. The van der Waals surface area contributed by atoms with Gasteiger partial charge in [0.05, 0.1) is 24.5 Å². The molecule has 2 heterocycles. The summed E-state index contributed by atoms with van der Waals surface area (Å²) in [6, 6.07) is 11.4. The van der Waals surface area contributed by atoms with E-state index in [4.69, 9.17) is 9.15 Å². The smallest absolute Gasteiger partial charge is 0.337 e. The van der Waals surface area contributed by atoms with Crippen LogP contribution in [0.5, 0.6) is 0 Å². The summed E-state index contributed by atoms with van der Waals surface area (Å²) in [6.45, 7) is 1.92. The van der Waals surface area contributed by atoms with E-state index in [1.165, 1.54) is 24.0 Å². The molecule has 0 unspecified atom stereocenters. The van der Waals surface area contributed by atoms with Crippen LogP contribution in [0.2, 0.25) is 0 Å². The van der Waals surface area contributed by atoms with Crippen LogP contribution in [0.1, 0.15) is 50.5 Å². The molecule has 1 aliphatic carbocycles. The van der Waals surface area contributed by atoms with Crippen LogP contribution < -0.4 is 0 Å². The molecule has 3 aromatic rings. The second-order valence-corrected chi connectivity index (χ2v) is 8.07. The number of rotatable bonds is 4. The summed E-state index contributed by atoms with van der Waals surface area (Å²) in [4.78, 5) is 17.5. The fourth-order valence-electron chi connectivity index (χ4n) is 3.63. The molecule has 0 N–H and O–H groups in total. The van der Waals surface area contributed by atoms with Gasteiger partial charge < -0.3 is 9.15 Å². The maximum atomic E-state index is 11.7. The lowest BCUT2D eigenvalue weighted by atomic mass is 9.96. The SMILES string of the molecule is COC(=O)c1ccc(-c2ccc(C=Nc3sc4c(c3C#N)CCCC4)o2)c(C)c1. The Hall–Kier alpha value is -3.17. The highest BCUT2D eigenvalue weighted by Crippen LogP contribution is 2.39. The van der Waals surface area contributed by atoms with Gasteiger partial charge in [0, 0.05) is 10.4 Å². The van der Waals surface area contributed by atoms with E-state index in [0.29, 0.717) is 22.6 Å². The van der Waals surface area contributed by atoms with Gasteiger partial charge in [-0.05, 0) is 68.0 Å². The number of fused-ring (bicyclic) bond motifs is 1. The molecule has 0 fully saturated rings. The van der Waals surface area contributed by atoms with E-state index in [1.54, 1.807) is 29.7 Å². The van der Waals surface area contributed by atoms with Gasteiger partial charge in [0.2, 0.25) is 0 Å². The first kappa shape index (κ1) is 19.2. The third-order valence-corrected chi connectivity index (χ3v) is 6.31. The Morgan fingerprint density at radius 2 is 2.10 bits per heavy atom. The van der Waals surface area contributed by atoms with Gasteiger partial charge in [-0.25, -0.2) is 9.79 Å². The largest absolute Gasteiger partial charge is 0.465 e. The second-order valence-electron chi connectivity index (χ2n) is 6.98. The topological polar surface area (TPSA) is 75.6 Å². The van der Waals surface area contributed by atoms with E-state index in [9.17, 15) is 10.1 Å². The van der Waals surface area contributed by atoms with E-state index in [0.717, 1.165) is 35.4 Å². The molecular weight excluding hydrogens is 384 g/mol. The van der Waals surface area contributed by atoms with Crippen molar-refractivity contribution in [1.29, 1.82) is 5.26 Å². The second kappa shape index (κ2) is 8.06. The quantitative estimate of drug-likeness (QED) is 0.419. The molecule has 0 saturated heterocycles. The Balaban J connectivity index is 1.59. The van der Waals surface area contributed by atoms with Crippen molar-refractivity contribution < 1.29 is 13.9 Å². The average molecular weight is 404 g/mol. The number of aryl methyl sites for hydroxylation is 2. The lowest BCUT2D eigenvalue weighted by Gasteiger charge is -2.09. The van der Waals surface area contributed by atoms with Gasteiger partial charge in [0.15, 0.2) is 0 Å². The summed E-state index contributed by atoms with van der Waals surface area (Å²) in [5, 5.41) is 10.3. The monoisotopic (exact) mass is 404 g/mol. The third-order valence-electron chi connectivity index (χ3n) is 5.11. The molecule has 2 aromatic heterocycles. The highest BCUT2D eigenvalue weighted by molar-refractivity contribution is 7.16. The highest BCUT2D eigenvalue weighted by atomic mass is 32.1. The zero-order valence-corrected chi connectivity index (χ0v) is 17.1. The maximum Gasteiger partial charge on any atom is 0.337 e. The molecule has 0 amide bonds. The zero-order valence-electron chi connectivity index (χ0n) is 16.3. The Kier molecular flexibility index (Phi) is 5.32. The summed E-state index contributed by atoms with van der Waals surface area (Å²) in [7, 11) is 1.37. The Bertz CT molecular complexity index is 1150. The lowest BCUT2D eigenvalue weighted by Crippen LogP contribution is -2.01. The van der Waals surface area contributed by atoms with E-state index in [1.807, 2.05) is 25.1 Å². The van der Waals surface area contributed by atoms with Crippen LogP contribution in [0.4, 0.5) is 5.00 Å². The van der Waals surface area contributed by atoms with Crippen molar-refractivity contribution in [2.45, 2.75) is 32.6 Å². The van der Waals surface area contributed by atoms with Crippen molar-refractivity contribution in [3.8, 4) is 17.4 Å². The molecule has 29 heavy (non-hydrogen) atoms. The van der Waals surface area contributed by atoms with Gasteiger partial charge in [0.1, 0.15) is 22.6 Å². The first-order chi connectivity index (χ1) is 14.1. The number of carbonyl (C=O) groups excluding carboxylic acids is 1. The van der Waals surface area contributed by atoms with Crippen LogP contribution in [0.3, 0.4) is 0 Å². The van der Waals surface area contributed by atoms with Crippen LogP contribution in [0, 0.1) is 18.3 Å². The molecule has 4 rings (SSSR count). The number of methoxy groups -OCH3 is 1. The summed E-state index contributed by atoms with van der Waals surface area (Å²) in [6.07, 6.45) is 5.99. The average Bonchev–Trinajstić information content (AvgIpc) is 3.35. The van der Waals surface area contributed by atoms with Gasteiger partial charge >= 0.3 is 5.97 Å². The molecule has 6 heteroatoms. The molecule has 0 aliphatic heterocycles. The number of benzene rings is 1. The van der Waals surface area contributed by atoms with Gasteiger partial charge in [-0.2, -0.15) is 5.26 Å². The van der Waals surface area contributed by atoms with Gasteiger partial charge in [0.25, 0.3) is 0 Å². The number of ether oxygens (including phenoxy) is 1. The molecule has 1 aromatic carbocycles. The number of carbonyl (C=O) groups is 1. The van der Waals surface area contributed by atoms with E-state index in [2.05, 4.69) is 11.1 Å². The summed E-state index contributed by atoms with van der Waals surface area (Å²) < 4.78 is 10.7. The van der Waals surface area contributed by atoms with Gasteiger partial charge in [-0.3, -0.25) is 0 Å². The number of hydrogen-bond donors (Lipinski definition) is 0. The van der Waals surface area contributed by atoms with Crippen LogP contribution >= 0.6 is 11.3 Å². The minimum atomic E-state index is -0.362. The van der Waals surface area contributed by atoms with Crippen molar-refractivity contribution in [3.05, 3.63) is 63.2 Å². The highest BCUT2D eigenvalue weighted by Gasteiger charge is 2.20. The van der Waals surface area contributed by atoms with Crippen molar-refractivity contribution in [1.82, 2.24) is 0 Å². The van der Waals surface area contributed by atoms with E-state index in [-0.39, 0.29) is 5.97 Å². The fraction of sp³-hybridized carbons (Fsp3) is 0.261. The molecule has 5 nitrogen and oxygen atoms in total. The maximum absolute atomic E-state index is 11.7. The zero-order chi connectivity index (χ0) is 20.4. The predicted octanol–water partition coefficient (Wildman–Crippen LogP) is 5.60. The van der Waals surface area contributed by atoms with Crippen molar-refractivity contribution in [3.63, 3.8) is 0 Å². The molecule has 1 aliphatic rings. The number of nitrogens with zero attached hydrogens (tertiary/aromatic N) is 2. The lowest BCUT2D eigenvalue weighted by molar-refractivity contribution is 0.0600. The molecule has 0 atom stereocenters. The van der Waals surface area contributed by atoms with Crippen molar-refractivity contribution >= 4 is 28.5 Å². The van der Waals surface area contributed by atoms with Crippen LogP contribution in [-0.2, 0) is 17.6 Å². The number of hydrogen-bond acceptors (Lipinski definition) is 6. The number of furan rings is 1. The minimum Gasteiger partial charge on any atom is -0.465 e. The Morgan fingerprint density at radius 3 is 2.86 bits per heavy atom. The number of nitriles is 1. The number of esters is 1. The number of thiophene rings is 1. The standard InChI is InChI=1S/C23H20N2O3S/c1-14-11-15(23(26)27-2)7-9-17(14)20-10-8-16(28-20)13-25-22-19(12-24)18-5-3-4-6-21(18)29-22/h7-11,13H,3-6H2,1-2H3. The molecular formula is C23H20N2O3S. The molecule has 0 bridgehead atoms. The van der Waals surface area contributed by atoms with E-state index >= 15 is 0 Å². The van der Waals surface area contributed by atoms with Crippen LogP contribution in [0.15, 0.2) is 39.7 Å².